The Bertz CT molecular complexity index is 817. The highest BCUT2D eigenvalue weighted by molar-refractivity contribution is 7.26. The average molecular weight is 298 g/mol. The molecule has 1 heterocycles. The second kappa shape index (κ2) is 5.49. The zero-order valence-corrected chi connectivity index (χ0v) is 13.0. The Morgan fingerprint density at radius 2 is 2.00 bits per heavy atom. The van der Waals surface area contributed by atoms with E-state index in [1.54, 1.807) is 6.92 Å². The van der Waals surface area contributed by atoms with Crippen molar-refractivity contribution in [1.29, 1.82) is 0 Å². The monoisotopic (exact) mass is 298 g/mol. The molecule has 21 heavy (non-hydrogen) atoms. The van der Waals surface area contributed by atoms with Gasteiger partial charge in [-0.2, -0.15) is 0 Å². The largest absolute Gasteiger partial charge is 0.481 e. The molecule has 1 N–H and O–H groups in total. The Hall–Kier alpha value is -1.87. The summed E-state index contributed by atoms with van der Waals surface area (Å²) in [5, 5.41) is 11.6. The van der Waals surface area contributed by atoms with Gasteiger partial charge in [0.25, 0.3) is 0 Å². The maximum absolute atomic E-state index is 10.9. The molecule has 0 radical (unpaired) electrons. The van der Waals surface area contributed by atoms with Gasteiger partial charge in [-0.25, -0.2) is 0 Å². The fraction of sp³-hybridized carbons (Fsp3) is 0.278. The first kappa shape index (κ1) is 14.1. The summed E-state index contributed by atoms with van der Waals surface area (Å²) < 4.78 is 2.65. The maximum Gasteiger partial charge on any atom is 0.306 e. The van der Waals surface area contributed by atoms with Gasteiger partial charge in [-0.3, -0.25) is 4.79 Å². The van der Waals surface area contributed by atoms with Crippen LogP contribution in [0.4, 0.5) is 0 Å². The molecule has 0 aliphatic rings. The van der Waals surface area contributed by atoms with Crippen molar-refractivity contribution in [3.63, 3.8) is 0 Å². The van der Waals surface area contributed by atoms with E-state index in [0.29, 0.717) is 6.42 Å². The van der Waals surface area contributed by atoms with Gasteiger partial charge < -0.3 is 5.11 Å². The molecule has 0 amide bonds. The quantitative estimate of drug-likeness (QED) is 0.734. The number of fused-ring (bicyclic) bond motifs is 3. The van der Waals surface area contributed by atoms with E-state index in [9.17, 15) is 4.79 Å². The van der Waals surface area contributed by atoms with E-state index in [1.807, 2.05) is 11.3 Å². The number of thiophene rings is 1. The Morgan fingerprint density at radius 3 is 2.76 bits per heavy atom. The number of hydrogen-bond acceptors (Lipinski definition) is 2. The van der Waals surface area contributed by atoms with Crippen molar-refractivity contribution in [3.8, 4) is 0 Å². The summed E-state index contributed by atoms with van der Waals surface area (Å²) in [6, 6.07) is 12.9. The summed E-state index contributed by atoms with van der Waals surface area (Å²) in [5.74, 6) is -1.01. The van der Waals surface area contributed by atoms with Gasteiger partial charge >= 0.3 is 5.97 Å². The molecular formula is C18H18O2S. The molecular weight excluding hydrogens is 280 g/mol. The summed E-state index contributed by atoms with van der Waals surface area (Å²) in [7, 11) is 0. The molecule has 0 saturated carbocycles. The number of rotatable bonds is 4. The standard InChI is InChI=1S/C18H18O2S/c1-11(18(19)20)7-8-13-9-12(2)17-15(10-13)14-5-3-4-6-16(14)21-17/h3-6,9-11H,7-8H2,1-2H3,(H,19,20). The number of hydrogen-bond donors (Lipinski definition) is 1. The minimum absolute atomic E-state index is 0.291. The smallest absolute Gasteiger partial charge is 0.306 e. The second-order valence-electron chi connectivity index (χ2n) is 5.67. The van der Waals surface area contributed by atoms with Crippen LogP contribution in [0.2, 0.25) is 0 Å². The molecule has 0 spiro atoms. The average Bonchev–Trinajstić information content (AvgIpc) is 2.84. The van der Waals surface area contributed by atoms with Crippen LogP contribution in [0.3, 0.4) is 0 Å². The molecule has 0 fully saturated rings. The highest BCUT2D eigenvalue weighted by Gasteiger charge is 2.12. The molecule has 1 unspecified atom stereocenters. The van der Waals surface area contributed by atoms with E-state index >= 15 is 0 Å². The van der Waals surface area contributed by atoms with Crippen molar-refractivity contribution in [2.45, 2.75) is 26.7 Å². The highest BCUT2D eigenvalue weighted by Crippen LogP contribution is 2.36. The molecule has 0 aliphatic carbocycles. The lowest BCUT2D eigenvalue weighted by atomic mass is 9.98. The van der Waals surface area contributed by atoms with Crippen LogP contribution < -0.4 is 0 Å². The molecule has 3 heteroatoms. The molecule has 0 aliphatic heterocycles. The number of carboxylic acid groups (broad SMARTS) is 1. The van der Waals surface area contributed by atoms with Crippen LogP contribution in [-0.2, 0) is 11.2 Å². The fourth-order valence-electron chi connectivity index (χ4n) is 2.72. The summed E-state index contributed by atoms with van der Waals surface area (Å²) in [4.78, 5) is 10.9. The molecule has 3 rings (SSSR count). The summed E-state index contributed by atoms with van der Waals surface area (Å²) >= 11 is 1.83. The van der Waals surface area contributed by atoms with E-state index in [0.717, 1.165) is 6.42 Å². The van der Waals surface area contributed by atoms with Gasteiger partial charge in [0, 0.05) is 20.2 Å². The van der Waals surface area contributed by atoms with E-state index in [-0.39, 0.29) is 5.92 Å². The Balaban J connectivity index is 2.01. The fourth-order valence-corrected chi connectivity index (χ4v) is 3.88. The normalized spacial score (nSPS) is 12.9. The topological polar surface area (TPSA) is 37.3 Å². The lowest BCUT2D eigenvalue weighted by Gasteiger charge is -2.07. The van der Waals surface area contributed by atoms with Crippen molar-refractivity contribution < 1.29 is 9.90 Å². The molecule has 3 aromatic rings. The minimum atomic E-state index is -0.714. The van der Waals surface area contributed by atoms with Gasteiger partial charge in [-0.15, -0.1) is 11.3 Å². The van der Waals surface area contributed by atoms with E-state index in [1.165, 1.54) is 31.3 Å². The van der Waals surface area contributed by atoms with Crippen LogP contribution >= 0.6 is 11.3 Å². The molecule has 1 aromatic heterocycles. The van der Waals surface area contributed by atoms with Crippen LogP contribution in [0.5, 0.6) is 0 Å². The first-order chi connectivity index (χ1) is 10.1. The summed E-state index contributed by atoms with van der Waals surface area (Å²) in [5.41, 5.74) is 2.52. The first-order valence-corrected chi connectivity index (χ1v) is 8.01. The van der Waals surface area contributed by atoms with Crippen LogP contribution in [0.1, 0.15) is 24.5 Å². The van der Waals surface area contributed by atoms with Crippen molar-refractivity contribution in [2.75, 3.05) is 0 Å². The molecule has 108 valence electrons. The van der Waals surface area contributed by atoms with E-state index in [2.05, 4.69) is 43.3 Å². The zero-order valence-electron chi connectivity index (χ0n) is 12.2. The van der Waals surface area contributed by atoms with Crippen molar-refractivity contribution in [1.82, 2.24) is 0 Å². The molecule has 0 saturated heterocycles. The van der Waals surface area contributed by atoms with Gasteiger partial charge in [-0.1, -0.05) is 31.2 Å². The Labute approximate surface area is 128 Å². The zero-order chi connectivity index (χ0) is 15.0. The number of carboxylic acids is 1. The summed E-state index contributed by atoms with van der Waals surface area (Å²) in [6.45, 7) is 3.91. The lowest BCUT2D eigenvalue weighted by molar-refractivity contribution is -0.141. The van der Waals surface area contributed by atoms with Crippen molar-refractivity contribution >= 4 is 37.5 Å². The lowest BCUT2D eigenvalue weighted by Crippen LogP contribution is -2.10. The third-order valence-electron chi connectivity index (χ3n) is 4.01. The molecule has 0 bridgehead atoms. The van der Waals surface area contributed by atoms with Crippen LogP contribution in [-0.4, -0.2) is 11.1 Å². The maximum atomic E-state index is 10.9. The predicted molar refractivity (Wildman–Crippen MR) is 89.2 cm³/mol. The van der Waals surface area contributed by atoms with Gasteiger partial charge in [0.15, 0.2) is 0 Å². The van der Waals surface area contributed by atoms with E-state index < -0.39 is 5.97 Å². The number of aryl methyl sites for hydroxylation is 2. The van der Waals surface area contributed by atoms with Gasteiger partial charge in [-0.05, 0) is 43.0 Å². The molecule has 1 atom stereocenters. The van der Waals surface area contributed by atoms with Gasteiger partial charge in [0.1, 0.15) is 0 Å². The Morgan fingerprint density at radius 1 is 1.24 bits per heavy atom. The minimum Gasteiger partial charge on any atom is -0.481 e. The van der Waals surface area contributed by atoms with Crippen LogP contribution in [0.25, 0.3) is 20.2 Å². The molecule has 2 nitrogen and oxygen atoms in total. The van der Waals surface area contributed by atoms with Crippen molar-refractivity contribution in [2.24, 2.45) is 5.92 Å². The van der Waals surface area contributed by atoms with Gasteiger partial charge in [0.2, 0.25) is 0 Å². The van der Waals surface area contributed by atoms with E-state index in [4.69, 9.17) is 5.11 Å². The number of aliphatic carboxylic acids is 1. The van der Waals surface area contributed by atoms with Crippen LogP contribution in [0.15, 0.2) is 36.4 Å². The van der Waals surface area contributed by atoms with Crippen LogP contribution in [0, 0.1) is 12.8 Å². The predicted octanol–water partition coefficient (Wildman–Crippen LogP) is 5.02. The summed E-state index contributed by atoms with van der Waals surface area (Å²) in [6.07, 6.45) is 1.50. The Kier molecular flexibility index (Phi) is 3.68. The SMILES string of the molecule is Cc1cc(CCC(C)C(=O)O)cc2c1sc1ccccc12. The molecule has 2 aromatic carbocycles. The highest BCUT2D eigenvalue weighted by atomic mass is 32.1. The van der Waals surface area contributed by atoms with Crippen molar-refractivity contribution in [3.05, 3.63) is 47.5 Å². The number of carbonyl (C=O) groups is 1. The third-order valence-corrected chi connectivity index (χ3v) is 5.33. The third kappa shape index (κ3) is 2.66. The number of benzene rings is 2. The van der Waals surface area contributed by atoms with Gasteiger partial charge in [0.05, 0.1) is 5.92 Å². The second-order valence-corrected chi connectivity index (χ2v) is 6.72. The first-order valence-electron chi connectivity index (χ1n) is 7.20.